The number of hydrogen-bond donors (Lipinski definition) is 2. The van der Waals surface area contributed by atoms with Crippen LogP contribution in [-0.4, -0.2) is 46.9 Å². The lowest BCUT2D eigenvalue weighted by atomic mass is 10.0. The van der Waals surface area contributed by atoms with Crippen molar-refractivity contribution in [1.82, 2.24) is 15.2 Å². The van der Waals surface area contributed by atoms with E-state index in [0.29, 0.717) is 37.4 Å². The molecule has 2 heterocycles. The lowest BCUT2D eigenvalue weighted by Gasteiger charge is -2.27. The number of carbonyl (C=O) groups is 1. The van der Waals surface area contributed by atoms with Gasteiger partial charge in [-0.3, -0.25) is 14.9 Å². The molecule has 0 atom stereocenters. The van der Waals surface area contributed by atoms with Crippen molar-refractivity contribution in [2.24, 2.45) is 0 Å². The lowest BCUT2D eigenvalue weighted by molar-refractivity contribution is -0.384. The molecule has 0 spiro atoms. The van der Waals surface area contributed by atoms with Crippen LogP contribution >= 0.6 is 0 Å². The van der Waals surface area contributed by atoms with Gasteiger partial charge in [-0.05, 0) is 29.8 Å². The van der Waals surface area contributed by atoms with E-state index in [0.717, 1.165) is 12.1 Å². The van der Waals surface area contributed by atoms with Gasteiger partial charge in [0.25, 0.3) is 11.6 Å². The van der Waals surface area contributed by atoms with Crippen LogP contribution in [0.2, 0.25) is 0 Å². The Morgan fingerprint density at radius 1 is 1.03 bits per heavy atom. The van der Waals surface area contributed by atoms with E-state index in [1.807, 2.05) is 0 Å². The van der Waals surface area contributed by atoms with Crippen molar-refractivity contribution in [3.05, 3.63) is 75.8 Å². The predicted octanol–water partition coefficient (Wildman–Crippen LogP) is 4.32. The average molecular weight is 444 g/mol. The number of para-hydroxylation sites is 1. The largest absolute Gasteiger partial charge is 0.416 e. The van der Waals surface area contributed by atoms with E-state index >= 15 is 0 Å². The molecule has 1 aliphatic rings. The molecule has 166 valence electrons. The van der Waals surface area contributed by atoms with Gasteiger partial charge in [-0.2, -0.15) is 13.2 Å². The maximum Gasteiger partial charge on any atom is 0.416 e. The fourth-order valence-corrected chi connectivity index (χ4v) is 3.71. The first-order chi connectivity index (χ1) is 15.3. The summed E-state index contributed by atoms with van der Waals surface area (Å²) in [5, 5.41) is 14.7. The van der Waals surface area contributed by atoms with Crippen LogP contribution in [0, 0.1) is 10.1 Å². The summed E-state index contributed by atoms with van der Waals surface area (Å²) < 4.78 is 38.7. The molecule has 1 amide bonds. The number of alkyl halides is 3. The van der Waals surface area contributed by atoms with Crippen LogP contribution in [0.4, 0.5) is 18.9 Å². The van der Waals surface area contributed by atoms with Gasteiger partial charge in [0.1, 0.15) is 0 Å². The number of hydrogen-bond acceptors (Lipinski definition) is 4. The van der Waals surface area contributed by atoms with Gasteiger partial charge in [-0.25, -0.2) is 0 Å². The molecule has 3 aromatic rings. The second kappa shape index (κ2) is 8.46. The highest BCUT2D eigenvalue weighted by Crippen LogP contribution is 2.36. The van der Waals surface area contributed by atoms with Crippen LogP contribution in [0.1, 0.15) is 15.9 Å². The molecule has 1 aromatic heterocycles. The molecular weight excluding hydrogens is 425 g/mol. The van der Waals surface area contributed by atoms with Crippen LogP contribution in [0.15, 0.2) is 54.6 Å². The summed E-state index contributed by atoms with van der Waals surface area (Å²) in [6, 6.07) is 12.1. The molecular formula is C22H19F3N4O3. The van der Waals surface area contributed by atoms with Crippen molar-refractivity contribution in [1.29, 1.82) is 0 Å². The molecule has 10 heteroatoms. The molecule has 0 unspecified atom stereocenters. The van der Waals surface area contributed by atoms with Crippen LogP contribution in [0.3, 0.4) is 0 Å². The average Bonchev–Trinajstić information content (AvgIpc) is 3.24. The molecule has 0 radical (unpaired) electrons. The van der Waals surface area contributed by atoms with Crippen LogP contribution in [0.25, 0.3) is 22.5 Å². The van der Waals surface area contributed by atoms with Gasteiger partial charge in [-0.15, -0.1) is 0 Å². The zero-order valence-corrected chi connectivity index (χ0v) is 16.8. The Morgan fingerprint density at radius 3 is 2.31 bits per heavy atom. The smallest absolute Gasteiger partial charge is 0.354 e. The topological polar surface area (TPSA) is 91.3 Å². The highest BCUT2D eigenvalue weighted by Gasteiger charge is 2.31. The quantitative estimate of drug-likeness (QED) is 0.463. The van der Waals surface area contributed by atoms with Crippen LogP contribution in [-0.2, 0) is 6.18 Å². The molecule has 1 saturated heterocycles. The van der Waals surface area contributed by atoms with E-state index < -0.39 is 16.7 Å². The number of halogens is 3. The highest BCUT2D eigenvalue weighted by molar-refractivity contribution is 6.02. The van der Waals surface area contributed by atoms with Gasteiger partial charge in [-0.1, -0.05) is 24.3 Å². The summed E-state index contributed by atoms with van der Waals surface area (Å²) in [5.74, 6) is -0.297. The third kappa shape index (κ3) is 4.22. The Morgan fingerprint density at radius 2 is 1.69 bits per heavy atom. The Kier molecular flexibility index (Phi) is 5.70. The van der Waals surface area contributed by atoms with Crippen molar-refractivity contribution < 1.29 is 22.9 Å². The standard InChI is InChI=1S/C22H19F3N4O3/c23-22(24,25)15-7-5-14(6-8-15)18-13-17(21(30)28-11-9-26-10-12-28)20(27-18)16-3-1-2-4-19(16)29(31)32/h1-8,13,26-27H,9-12H2. The highest BCUT2D eigenvalue weighted by atomic mass is 19.4. The number of carbonyl (C=O) groups excluding carboxylic acids is 1. The molecule has 0 saturated carbocycles. The lowest BCUT2D eigenvalue weighted by Crippen LogP contribution is -2.46. The van der Waals surface area contributed by atoms with Crippen molar-refractivity contribution in [3.8, 4) is 22.5 Å². The van der Waals surface area contributed by atoms with E-state index in [2.05, 4.69) is 10.3 Å². The van der Waals surface area contributed by atoms with Crippen molar-refractivity contribution in [3.63, 3.8) is 0 Å². The Balaban J connectivity index is 1.82. The van der Waals surface area contributed by atoms with Gasteiger partial charge in [0.2, 0.25) is 0 Å². The SMILES string of the molecule is O=C(c1cc(-c2ccc(C(F)(F)F)cc2)[nH]c1-c1ccccc1[N+](=O)[O-])N1CCNCC1. The second-order valence-corrected chi connectivity index (χ2v) is 7.36. The van der Waals surface area contributed by atoms with E-state index in [9.17, 15) is 28.1 Å². The summed E-state index contributed by atoms with van der Waals surface area (Å²) in [6.07, 6.45) is -4.46. The van der Waals surface area contributed by atoms with Crippen LogP contribution < -0.4 is 5.32 Å². The van der Waals surface area contributed by atoms with Crippen molar-refractivity contribution >= 4 is 11.6 Å². The number of rotatable bonds is 4. The number of nitro benzene ring substituents is 1. The first-order valence-corrected chi connectivity index (χ1v) is 9.90. The minimum atomic E-state index is -4.46. The Bertz CT molecular complexity index is 1150. The van der Waals surface area contributed by atoms with E-state index in [1.165, 1.54) is 30.3 Å². The van der Waals surface area contributed by atoms with Crippen molar-refractivity contribution in [2.45, 2.75) is 6.18 Å². The van der Waals surface area contributed by atoms with Gasteiger partial charge in [0.05, 0.1) is 27.3 Å². The maximum absolute atomic E-state index is 13.3. The number of aromatic nitrogens is 1. The Hall–Kier alpha value is -3.66. The second-order valence-electron chi connectivity index (χ2n) is 7.36. The number of piperazine rings is 1. The number of aromatic amines is 1. The van der Waals surface area contributed by atoms with Gasteiger partial charge in [0, 0.05) is 37.9 Å². The number of amides is 1. The zero-order valence-electron chi connectivity index (χ0n) is 16.8. The van der Waals surface area contributed by atoms with Gasteiger partial charge < -0.3 is 15.2 Å². The van der Waals surface area contributed by atoms with Gasteiger partial charge in [0.15, 0.2) is 0 Å². The monoisotopic (exact) mass is 444 g/mol. The molecule has 1 fully saturated rings. The number of benzene rings is 2. The maximum atomic E-state index is 13.3. The molecule has 1 aliphatic heterocycles. The number of nitro groups is 1. The third-order valence-electron chi connectivity index (χ3n) is 5.35. The van der Waals surface area contributed by atoms with Crippen LogP contribution in [0.5, 0.6) is 0 Å². The zero-order chi connectivity index (χ0) is 22.9. The molecule has 32 heavy (non-hydrogen) atoms. The van der Waals surface area contributed by atoms with E-state index in [4.69, 9.17) is 0 Å². The molecule has 7 nitrogen and oxygen atoms in total. The van der Waals surface area contributed by atoms with E-state index in [1.54, 1.807) is 17.0 Å². The number of H-pyrrole nitrogens is 1. The first kappa shape index (κ1) is 21.6. The normalized spacial score (nSPS) is 14.4. The summed E-state index contributed by atoms with van der Waals surface area (Å²) in [7, 11) is 0. The number of nitrogens with zero attached hydrogens (tertiary/aromatic N) is 2. The predicted molar refractivity (Wildman–Crippen MR) is 112 cm³/mol. The summed E-state index contributed by atoms with van der Waals surface area (Å²) in [4.78, 5) is 29.0. The summed E-state index contributed by atoms with van der Waals surface area (Å²) >= 11 is 0. The molecule has 0 aliphatic carbocycles. The number of nitrogens with one attached hydrogen (secondary N) is 2. The fraction of sp³-hybridized carbons (Fsp3) is 0.227. The summed E-state index contributed by atoms with van der Waals surface area (Å²) in [6.45, 7) is 2.22. The molecule has 4 rings (SSSR count). The summed E-state index contributed by atoms with van der Waals surface area (Å²) in [5.41, 5.74) is 0.579. The van der Waals surface area contributed by atoms with E-state index in [-0.39, 0.29) is 28.4 Å². The third-order valence-corrected chi connectivity index (χ3v) is 5.35. The Labute approximate surface area is 181 Å². The molecule has 2 aromatic carbocycles. The molecule has 2 N–H and O–H groups in total. The molecule has 0 bridgehead atoms. The minimum Gasteiger partial charge on any atom is -0.354 e. The van der Waals surface area contributed by atoms with Gasteiger partial charge >= 0.3 is 6.18 Å². The first-order valence-electron chi connectivity index (χ1n) is 9.90. The fourth-order valence-electron chi connectivity index (χ4n) is 3.71. The van der Waals surface area contributed by atoms with Crippen molar-refractivity contribution in [2.75, 3.05) is 26.2 Å². The minimum absolute atomic E-state index is 0.178.